The van der Waals surface area contributed by atoms with Gasteiger partial charge in [-0.3, -0.25) is 4.79 Å². The van der Waals surface area contributed by atoms with Crippen LogP contribution in [0.15, 0.2) is 36.5 Å². The fourth-order valence-electron chi connectivity index (χ4n) is 1.69. The number of carboxylic acids is 1. The van der Waals surface area contributed by atoms with Gasteiger partial charge in [-0.15, -0.1) is 0 Å². The maximum atomic E-state index is 10.3. The summed E-state index contributed by atoms with van der Waals surface area (Å²) in [5.41, 5.74) is 0. The van der Waals surface area contributed by atoms with Crippen molar-refractivity contribution in [1.82, 2.24) is 0 Å². The summed E-state index contributed by atoms with van der Waals surface area (Å²) in [6.45, 7) is 2.20. The average molecular weight is 264 g/mol. The summed E-state index contributed by atoms with van der Waals surface area (Å²) in [6.07, 6.45) is 21.9. The maximum Gasteiger partial charge on any atom is 0.303 e. The standard InChI is InChI=1S/C17H28O2/c1-2-3-4-5-6-7-8-9-10-11-12-13-14-15-16-17(18)19/h5-10H,2-4,11-16H2,1H3,(H,18,19)/b6-5+,8-7+,10-9+. The van der Waals surface area contributed by atoms with Crippen molar-refractivity contribution in [2.45, 2.75) is 64.7 Å². The van der Waals surface area contributed by atoms with Crippen molar-refractivity contribution in [2.75, 3.05) is 0 Å². The molecular weight excluding hydrogens is 236 g/mol. The predicted octanol–water partition coefficient (Wildman–Crippen LogP) is 5.27. The van der Waals surface area contributed by atoms with Gasteiger partial charge in [-0.2, -0.15) is 0 Å². The molecule has 0 aromatic heterocycles. The number of rotatable bonds is 12. The molecule has 0 amide bonds. The van der Waals surface area contributed by atoms with E-state index in [1.807, 2.05) is 0 Å². The normalized spacial score (nSPS) is 12.1. The van der Waals surface area contributed by atoms with Crippen LogP contribution in [0.25, 0.3) is 0 Å². The van der Waals surface area contributed by atoms with Crippen LogP contribution in [0.3, 0.4) is 0 Å². The van der Waals surface area contributed by atoms with Crippen LogP contribution in [0.5, 0.6) is 0 Å². The van der Waals surface area contributed by atoms with Gasteiger partial charge >= 0.3 is 5.97 Å². The Hall–Kier alpha value is -1.31. The molecule has 2 heteroatoms. The summed E-state index contributed by atoms with van der Waals surface area (Å²) < 4.78 is 0. The minimum absolute atomic E-state index is 0.308. The number of allylic oxidation sites excluding steroid dienone is 6. The third-order valence-electron chi connectivity index (χ3n) is 2.84. The van der Waals surface area contributed by atoms with E-state index in [4.69, 9.17) is 5.11 Å². The van der Waals surface area contributed by atoms with Gasteiger partial charge in [0.15, 0.2) is 0 Å². The first kappa shape index (κ1) is 17.7. The van der Waals surface area contributed by atoms with E-state index in [1.54, 1.807) is 0 Å². The van der Waals surface area contributed by atoms with E-state index in [0.29, 0.717) is 6.42 Å². The van der Waals surface area contributed by atoms with Crippen molar-refractivity contribution in [3.63, 3.8) is 0 Å². The van der Waals surface area contributed by atoms with Gasteiger partial charge in [0.1, 0.15) is 0 Å². The van der Waals surface area contributed by atoms with Crippen molar-refractivity contribution < 1.29 is 9.90 Å². The summed E-state index contributed by atoms with van der Waals surface area (Å²) in [7, 11) is 0. The zero-order chi connectivity index (χ0) is 14.2. The Morgan fingerprint density at radius 2 is 1.42 bits per heavy atom. The summed E-state index contributed by atoms with van der Waals surface area (Å²) in [4.78, 5) is 10.3. The Kier molecular flexibility index (Phi) is 13.7. The molecule has 0 fully saturated rings. The van der Waals surface area contributed by atoms with Crippen molar-refractivity contribution in [1.29, 1.82) is 0 Å². The first-order valence-corrected chi connectivity index (χ1v) is 7.47. The van der Waals surface area contributed by atoms with Crippen LogP contribution in [0.4, 0.5) is 0 Å². The molecule has 0 radical (unpaired) electrons. The second kappa shape index (κ2) is 14.7. The van der Waals surface area contributed by atoms with Gasteiger partial charge in [0, 0.05) is 6.42 Å². The highest BCUT2D eigenvalue weighted by Gasteiger charge is 1.95. The molecule has 0 aliphatic carbocycles. The van der Waals surface area contributed by atoms with Crippen molar-refractivity contribution >= 4 is 5.97 Å². The molecule has 0 aliphatic rings. The van der Waals surface area contributed by atoms with E-state index in [2.05, 4.69) is 43.4 Å². The van der Waals surface area contributed by atoms with E-state index in [9.17, 15) is 4.79 Å². The van der Waals surface area contributed by atoms with Crippen molar-refractivity contribution in [3.05, 3.63) is 36.5 Å². The zero-order valence-corrected chi connectivity index (χ0v) is 12.2. The molecule has 0 bridgehead atoms. The first-order chi connectivity index (χ1) is 9.27. The Bertz CT molecular complexity index is 288. The summed E-state index contributed by atoms with van der Waals surface area (Å²) in [5.74, 6) is -0.683. The molecule has 0 rings (SSSR count). The van der Waals surface area contributed by atoms with Crippen LogP contribution in [0, 0.1) is 0 Å². The Morgan fingerprint density at radius 1 is 0.842 bits per heavy atom. The average Bonchev–Trinajstić information content (AvgIpc) is 2.39. The van der Waals surface area contributed by atoms with Gasteiger partial charge < -0.3 is 5.11 Å². The molecule has 0 saturated heterocycles. The fraction of sp³-hybridized carbons (Fsp3) is 0.588. The van der Waals surface area contributed by atoms with Gasteiger partial charge in [0.05, 0.1) is 0 Å². The number of carbonyl (C=O) groups is 1. The monoisotopic (exact) mass is 264 g/mol. The molecular formula is C17H28O2. The minimum atomic E-state index is -0.683. The van der Waals surface area contributed by atoms with E-state index in [-0.39, 0.29) is 0 Å². The minimum Gasteiger partial charge on any atom is -0.481 e. The zero-order valence-electron chi connectivity index (χ0n) is 12.2. The largest absolute Gasteiger partial charge is 0.481 e. The van der Waals surface area contributed by atoms with E-state index in [1.165, 1.54) is 19.3 Å². The molecule has 2 nitrogen and oxygen atoms in total. The third-order valence-corrected chi connectivity index (χ3v) is 2.84. The van der Waals surface area contributed by atoms with E-state index < -0.39 is 5.97 Å². The molecule has 0 aromatic carbocycles. The maximum absolute atomic E-state index is 10.3. The molecule has 0 unspecified atom stereocenters. The van der Waals surface area contributed by atoms with Gasteiger partial charge in [-0.05, 0) is 25.7 Å². The second-order valence-corrected chi connectivity index (χ2v) is 4.73. The molecule has 0 saturated carbocycles. The predicted molar refractivity (Wildman–Crippen MR) is 82.3 cm³/mol. The SMILES string of the molecule is CCCC/C=C/C=C/C=C/CCCCCCC(=O)O. The lowest BCUT2D eigenvalue weighted by Gasteiger charge is -1.96. The second-order valence-electron chi connectivity index (χ2n) is 4.73. The highest BCUT2D eigenvalue weighted by molar-refractivity contribution is 5.66. The molecule has 108 valence electrons. The van der Waals surface area contributed by atoms with Crippen LogP contribution in [0.2, 0.25) is 0 Å². The molecule has 1 N–H and O–H groups in total. The van der Waals surface area contributed by atoms with Crippen molar-refractivity contribution in [3.8, 4) is 0 Å². The van der Waals surface area contributed by atoms with Crippen LogP contribution in [-0.4, -0.2) is 11.1 Å². The van der Waals surface area contributed by atoms with Crippen LogP contribution in [-0.2, 0) is 4.79 Å². The molecule has 0 heterocycles. The van der Waals surface area contributed by atoms with E-state index >= 15 is 0 Å². The third kappa shape index (κ3) is 16.7. The van der Waals surface area contributed by atoms with Gasteiger partial charge in [0.2, 0.25) is 0 Å². The smallest absolute Gasteiger partial charge is 0.303 e. The summed E-state index contributed by atoms with van der Waals surface area (Å²) in [6, 6.07) is 0. The topological polar surface area (TPSA) is 37.3 Å². The lowest BCUT2D eigenvalue weighted by Crippen LogP contribution is -1.93. The van der Waals surface area contributed by atoms with Crippen LogP contribution >= 0.6 is 0 Å². The number of carboxylic acid groups (broad SMARTS) is 1. The van der Waals surface area contributed by atoms with Crippen LogP contribution < -0.4 is 0 Å². The van der Waals surface area contributed by atoms with Crippen molar-refractivity contribution in [2.24, 2.45) is 0 Å². The number of unbranched alkanes of at least 4 members (excludes halogenated alkanes) is 6. The Labute approximate surface area is 117 Å². The molecule has 19 heavy (non-hydrogen) atoms. The highest BCUT2D eigenvalue weighted by Crippen LogP contribution is 2.05. The molecule has 0 spiro atoms. The first-order valence-electron chi connectivity index (χ1n) is 7.47. The number of hydrogen-bond acceptors (Lipinski definition) is 1. The Balaban J connectivity index is 3.31. The Morgan fingerprint density at radius 3 is 2.00 bits per heavy atom. The highest BCUT2D eigenvalue weighted by atomic mass is 16.4. The van der Waals surface area contributed by atoms with Gasteiger partial charge in [-0.25, -0.2) is 0 Å². The quantitative estimate of drug-likeness (QED) is 0.385. The number of hydrogen-bond donors (Lipinski definition) is 1. The van der Waals surface area contributed by atoms with Crippen LogP contribution in [0.1, 0.15) is 64.7 Å². The lowest BCUT2D eigenvalue weighted by molar-refractivity contribution is -0.137. The van der Waals surface area contributed by atoms with E-state index in [0.717, 1.165) is 32.1 Å². The molecule has 0 aliphatic heterocycles. The molecule has 0 aromatic rings. The summed E-state index contributed by atoms with van der Waals surface area (Å²) >= 11 is 0. The van der Waals surface area contributed by atoms with Gasteiger partial charge in [0.25, 0.3) is 0 Å². The molecule has 0 atom stereocenters. The number of aliphatic carboxylic acids is 1. The summed E-state index contributed by atoms with van der Waals surface area (Å²) in [5, 5.41) is 8.48. The fourth-order valence-corrected chi connectivity index (χ4v) is 1.69. The van der Waals surface area contributed by atoms with Gasteiger partial charge in [-0.1, -0.05) is 69.1 Å². The lowest BCUT2D eigenvalue weighted by atomic mass is 10.1.